The standard InChI is InChI=1S/C29H23F6N3O3/c1-41-24-12-23(32)22(31)11-19(24)27(39)38-26-17-6-5-16(18(17)9-14-3-2-8-36-13-14)25(26)28(40)37-15-4-7-21(30)20(10-15)29(33,34)35/h2-4,7-13,16-17,25-26H,5-6H2,1H3,(H,37,40)(H,38,39)/b18-9-/t16?,17?,25-,26+/m0/s1. The number of anilines is 1. The van der Waals surface area contributed by atoms with Gasteiger partial charge in [0.2, 0.25) is 5.91 Å². The number of benzene rings is 2. The van der Waals surface area contributed by atoms with Crippen molar-refractivity contribution in [3.05, 3.63) is 94.6 Å². The Labute approximate surface area is 230 Å². The zero-order valence-electron chi connectivity index (χ0n) is 21.4. The van der Waals surface area contributed by atoms with Crippen LogP contribution in [0.4, 0.5) is 32.0 Å². The molecular weight excluding hydrogens is 552 g/mol. The van der Waals surface area contributed by atoms with Crippen molar-refractivity contribution < 1.29 is 40.7 Å². The van der Waals surface area contributed by atoms with Gasteiger partial charge in [0.1, 0.15) is 11.6 Å². The molecule has 2 saturated carbocycles. The molecule has 0 aliphatic heterocycles. The third-order valence-corrected chi connectivity index (χ3v) is 7.54. The van der Waals surface area contributed by atoms with Crippen LogP contribution in [0.2, 0.25) is 0 Å². The molecular formula is C29H23F6N3O3. The number of fused-ring (bicyclic) bond motifs is 2. The number of pyridine rings is 1. The van der Waals surface area contributed by atoms with Crippen LogP contribution in [-0.4, -0.2) is 29.9 Å². The SMILES string of the molecule is COc1cc(F)c(F)cc1C(=O)N[C@@H]1C2CCC(/C2=C/c2cccnc2)[C@@H]1C(=O)Nc1ccc(F)c(C(F)(F)F)c1. The summed E-state index contributed by atoms with van der Waals surface area (Å²) in [6.45, 7) is 0. The first-order valence-electron chi connectivity index (χ1n) is 12.6. The third kappa shape index (κ3) is 5.50. The molecule has 41 heavy (non-hydrogen) atoms. The van der Waals surface area contributed by atoms with Crippen molar-refractivity contribution in [2.75, 3.05) is 12.4 Å². The van der Waals surface area contributed by atoms with Gasteiger partial charge in [-0.1, -0.05) is 17.7 Å². The Morgan fingerprint density at radius 2 is 1.73 bits per heavy atom. The second-order valence-corrected chi connectivity index (χ2v) is 9.89. The van der Waals surface area contributed by atoms with Crippen LogP contribution in [0.5, 0.6) is 5.75 Å². The number of hydrogen-bond donors (Lipinski definition) is 2. The lowest BCUT2D eigenvalue weighted by Crippen LogP contribution is -2.48. The number of rotatable bonds is 6. The molecule has 0 spiro atoms. The number of carbonyl (C=O) groups is 2. The highest BCUT2D eigenvalue weighted by Crippen LogP contribution is 2.53. The number of aromatic nitrogens is 1. The molecule has 2 aromatic carbocycles. The predicted molar refractivity (Wildman–Crippen MR) is 136 cm³/mol. The first-order valence-corrected chi connectivity index (χ1v) is 12.6. The minimum Gasteiger partial charge on any atom is -0.496 e. The van der Waals surface area contributed by atoms with Gasteiger partial charge >= 0.3 is 6.18 Å². The van der Waals surface area contributed by atoms with Gasteiger partial charge in [0.05, 0.1) is 24.2 Å². The van der Waals surface area contributed by atoms with E-state index in [1.165, 1.54) is 7.11 Å². The number of hydrogen-bond acceptors (Lipinski definition) is 4. The Bertz CT molecular complexity index is 1530. The van der Waals surface area contributed by atoms with Crippen molar-refractivity contribution in [3.63, 3.8) is 0 Å². The van der Waals surface area contributed by atoms with Crippen LogP contribution in [-0.2, 0) is 11.0 Å². The molecule has 2 aliphatic rings. The summed E-state index contributed by atoms with van der Waals surface area (Å²) in [7, 11) is 1.18. The predicted octanol–water partition coefficient (Wildman–Crippen LogP) is 6.00. The summed E-state index contributed by atoms with van der Waals surface area (Å²) in [5.41, 5.74) is -0.497. The van der Waals surface area contributed by atoms with Crippen LogP contribution in [0.15, 0.2) is 60.4 Å². The average molecular weight is 576 g/mol. The number of nitrogens with zero attached hydrogens (tertiary/aromatic N) is 1. The van der Waals surface area contributed by atoms with Crippen molar-refractivity contribution in [1.29, 1.82) is 0 Å². The van der Waals surface area contributed by atoms with Gasteiger partial charge in [-0.3, -0.25) is 14.6 Å². The molecule has 6 nitrogen and oxygen atoms in total. The van der Waals surface area contributed by atoms with Crippen molar-refractivity contribution in [2.45, 2.75) is 25.1 Å². The third-order valence-electron chi connectivity index (χ3n) is 7.54. The maximum Gasteiger partial charge on any atom is 0.419 e. The van der Waals surface area contributed by atoms with Crippen LogP contribution in [0, 0.1) is 35.2 Å². The van der Waals surface area contributed by atoms with E-state index in [4.69, 9.17) is 4.74 Å². The number of carbonyl (C=O) groups excluding carboxylic acids is 2. The molecule has 12 heteroatoms. The number of amides is 2. The maximum absolute atomic E-state index is 14.0. The van der Waals surface area contributed by atoms with Crippen molar-refractivity contribution >= 4 is 23.6 Å². The van der Waals surface area contributed by atoms with Gasteiger partial charge < -0.3 is 15.4 Å². The lowest BCUT2D eigenvalue weighted by atomic mass is 9.83. The zero-order chi connectivity index (χ0) is 29.5. The summed E-state index contributed by atoms with van der Waals surface area (Å²) in [6.07, 6.45) is 1.26. The van der Waals surface area contributed by atoms with Gasteiger partial charge in [-0.15, -0.1) is 0 Å². The van der Waals surface area contributed by atoms with Crippen LogP contribution in [0.1, 0.15) is 34.3 Å². The second-order valence-electron chi connectivity index (χ2n) is 9.89. The molecule has 0 radical (unpaired) electrons. The Balaban J connectivity index is 1.49. The molecule has 214 valence electrons. The summed E-state index contributed by atoms with van der Waals surface area (Å²) in [5.74, 6) is -7.35. The monoisotopic (exact) mass is 575 g/mol. The number of alkyl halides is 3. The minimum atomic E-state index is -4.98. The van der Waals surface area contributed by atoms with E-state index in [1.807, 2.05) is 12.1 Å². The zero-order valence-corrected chi connectivity index (χ0v) is 21.4. The number of nitrogens with one attached hydrogen (secondary N) is 2. The molecule has 2 aliphatic carbocycles. The van der Waals surface area contributed by atoms with E-state index in [9.17, 15) is 35.9 Å². The van der Waals surface area contributed by atoms with Gasteiger partial charge in [-0.25, -0.2) is 13.2 Å². The first kappa shape index (κ1) is 28.2. The number of halogens is 6. The van der Waals surface area contributed by atoms with Crippen LogP contribution in [0.25, 0.3) is 6.08 Å². The van der Waals surface area contributed by atoms with E-state index >= 15 is 0 Å². The molecule has 1 heterocycles. The van der Waals surface area contributed by atoms with Gasteiger partial charge in [0, 0.05) is 36.1 Å². The molecule has 0 saturated heterocycles. The Hall–Kier alpha value is -4.35. The smallest absolute Gasteiger partial charge is 0.419 e. The highest BCUT2D eigenvalue weighted by Gasteiger charge is 2.54. The lowest BCUT2D eigenvalue weighted by Gasteiger charge is -2.30. The Kier molecular flexibility index (Phi) is 7.50. The summed E-state index contributed by atoms with van der Waals surface area (Å²) < 4.78 is 86.4. The van der Waals surface area contributed by atoms with Gasteiger partial charge in [0.15, 0.2) is 11.6 Å². The molecule has 2 bridgehead atoms. The molecule has 5 rings (SSSR count). The Morgan fingerprint density at radius 1 is 1.00 bits per heavy atom. The van der Waals surface area contributed by atoms with Gasteiger partial charge in [0.25, 0.3) is 5.91 Å². The summed E-state index contributed by atoms with van der Waals surface area (Å²) >= 11 is 0. The van der Waals surface area contributed by atoms with Crippen LogP contribution >= 0.6 is 0 Å². The minimum absolute atomic E-state index is 0.220. The largest absolute Gasteiger partial charge is 0.496 e. The van der Waals surface area contributed by atoms with Crippen molar-refractivity contribution in [3.8, 4) is 5.75 Å². The fraction of sp³-hybridized carbons (Fsp3) is 0.276. The van der Waals surface area contributed by atoms with Gasteiger partial charge in [-0.2, -0.15) is 13.2 Å². The van der Waals surface area contributed by atoms with E-state index in [2.05, 4.69) is 15.6 Å². The van der Waals surface area contributed by atoms with E-state index < -0.39 is 53.0 Å². The van der Waals surface area contributed by atoms with E-state index in [1.54, 1.807) is 18.5 Å². The fourth-order valence-electron chi connectivity index (χ4n) is 5.80. The fourth-order valence-corrected chi connectivity index (χ4v) is 5.80. The highest BCUT2D eigenvalue weighted by atomic mass is 19.4. The summed E-state index contributed by atoms with van der Waals surface area (Å²) in [4.78, 5) is 31.0. The average Bonchev–Trinajstić information content (AvgIpc) is 3.45. The maximum atomic E-state index is 14.0. The van der Waals surface area contributed by atoms with Crippen LogP contribution < -0.4 is 15.4 Å². The molecule has 2 amide bonds. The van der Waals surface area contributed by atoms with Crippen molar-refractivity contribution in [1.82, 2.24) is 10.3 Å². The quantitative estimate of drug-likeness (QED) is 0.354. The van der Waals surface area contributed by atoms with E-state index in [-0.39, 0.29) is 28.8 Å². The first-order chi connectivity index (χ1) is 19.5. The summed E-state index contributed by atoms with van der Waals surface area (Å²) in [6, 6.07) is 6.25. The lowest BCUT2D eigenvalue weighted by molar-refractivity contribution is -0.140. The second kappa shape index (κ2) is 10.9. The van der Waals surface area contributed by atoms with Crippen molar-refractivity contribution in [2.24, 2.45) is 17.8 Å². The topological polar surface area (TPSA) is 80.3 Å². The van der Waals surface area contributed by atoms with Gasteiger partial charge in [-0.05, 0) is 54.7 Å². The number of methoxy groups -OCH3 is 1. The van der Waals surface area contributed by atoms with Crippen LogP contribution in [0.3, 0.4) is 0 Å². The molecule has 2 N–H and O–H groups in total. The molecule has 1 aromatic heterocycles. The highest BCUT2D eigenvalue weighted by molar-refractivity contribution is 5.99. The van der Waals surface area contributed by atoms with E-state index in [0.717, 1.165) is 23.3 Å². The normalized spacial score (nSPS) is 22.6. The number of ether oxygens (including phenoxy) is 1. The summed E-state index contributed by atoms with van der Waals surface area (Å²) in [5, 5.41) is 5.20. The molecule has 2 fully saturated rings. The Morgan fingerprint density at radius 3 is 2.41 bits per heavy atom. The van der Waals surface area contributed by atoms with E-state index in [0.29, 0.717) is 31.0 Å². The molecule has 4 atom stereocenters. The molecule has 3 aromatic rings. The molecule has 2 unspecified atom stereocenters.